The lowest BCUT2D eigenvalue weighted by atomic mass is 10.1. The van der Waals surface area contributed by atoms with Crippen LogP contribution in [0, 0.1) is 5.41 Å². The summed E-state index contributed by atoms with van der Waals surface area (Å²) < 4.78 is 32.0. The number of β-amino-alcohol motifs (C(OH)–C–C–N with tert-alkyl or cyclic N) is 1. The molecule has 1 aromatic rings. The van der Waals surface area contributed by atoms with Crippen LogP contribution in [0.2, 0.25) is 0 Å². The molecule has 1 saturated heterocycles. The number of allylic oxidation sites excluding steroid dienone is 1. The molecule has 30 heavy (non-hydrogen) atoms. The van der Waals surface area contributed by atoms with Gasteiger partial charge in [-0.05, 0) is 38.5 Å². The van der Waals surface area contributed by atoms with Crippen LogP contribution in [0.15, 0.2) is 39.9 Å². The third-order valence-electron chi connectivity index (χ3n) is 4.29. The lowest BCUT2D eigenvalue weighted by Gasteiger charge is -2.34. The molecule has 1 fully saturated rings. The first-order chi connectivity index (χ1) is 14.2. The van der Waals surface area contributed by atoms with Crippen LogP contribution >= 0.6 is 0 Å². The lowest BCUT2D eigenvalue weighted by molar-refractivity contribution is -0.115. The molecule has 0 aliphatic carbocycles. The third kappa shape index (κ3) is 5.97. The molecule has 0 unspecified atom stereocenters. The molecule has 10 heteroatoms. The van der Waals surface area contributed by atoms with E-state index in [2.05, 4.69) is 10.3 Å². The average Bonchev–Trinajstić information content (AvgIpc) is 2.65. The molecule has 0 atom stereocenters. The Bertz CT molecular complexity index is 950. The van der Waals surface area contributed by atoms with Crippen molar-refractivity contribution in [2.24, 2.45) is 4.99 Å². The number of aliphatic hydroxyl groups excluding tert-OH is 1. The van der Waals surface area contributed by atoms with E-state index in [4.69, 9.17) is 10.1 Å². The molecule has 1 aliphatic heterocycles. The van der Waals surface area contributed by atoms with E-state index in [9.17, 15) is 18.3 Å². The quantitative estimate of drug-likeness (QED) is 0.308. The molecule has 1 aliphatic rings. The highest BCUT2D eigenvalue weighted by atomic mass is 32.2. The number of carbonyl (C=O) groups is 1. The molecule has 0 bridgehead atoms. The summed E-state index contributed by atoms with van der Waals surface area (Å²) in [7, 11) is -3.81. The highest BCUT2D eigenvalue weighted by Crippen LogP contribution is 2.27. The second kappa shape index (κ2) is 10.5. The zero-order valence-electron chi connectivity index (χ0n) is 17.4. The number of amidine groups is 1. The van der Waals surface area contributed by atoms with Gasteiger partial charge in [-0.1, -0.05) is 13.3 Å². The van der Waals surface area contributed by atoms with Crippen molar-refractivity contribution in [3.8, 4) is 5.75 Å². The number of carbonyl (C=O) groups excluding carboxylic acids is 1. The Morgan fingerprint density at radius 3 is 2.70 bits per heavy atom. The number of hydrogen-bond acceptors (Lipinski definition) is 7. The highest BCUT2D eigenvalue weighted by molar-refractivity contribution is 7.89. The van der Waals surface area contributed by atoms with Crippen LogP contribution in [-0.2, 0) is 14.8 Å². The minimum absolute atomic E-state index is 0.0294. The Labute approximate surface area is 177 Å². The van der Waals surface area contributed by atoms with Gasteiger partial charge < -0.3 is 15.2 Å². The number of amides is 1. The topological polar surface area (TPSA) is 132 Å². The van der Waals surface area contributed by atoms with E-state index in [0.717, 1.165) is 17.1 Å². The third-order valence-corrected chi connectivity index (χ3v) is 6.12. The number of nitrogens with zero attached hydrogens (tertiary/aromatic N) is 2. The maximum absolute atomic E-state index is 12.7. The van der Waals surface area contributed by atoms with E-state index in [0.29, 0.717) is 12.3 Å². The second-order valence-corrected chi connectivity index (χ2v) is 8.76. The average molecular weight is 437 g/mol. The van der Waals surface area contributed by atoms with Gasteiger partial charge in [0.15, 0.2) is 0 Å². The fourth-order valence-electron chi connectivity index (χ4n) is 2.70. The largest absolute Gasteiger partial charge is 0.493 e. The first-order valence-corrected chi connectivity index (χ1v) is 11.2. The van der Waals surface area contributed by atoms with Crippen molar-refractivity contribution in [1.29, 1.82) is 5.41 Å². The predicted octanol–water partition coefficient (Wildman–Crippen LogP) is 1.67. The SMILES string of the molecule is CCCC=N/C(C)=C/C(=O)NC(=N)c1cc(S(=O)(=O)N2CC(O)C2)ccc1OCC. The van der Waals surface area contributed by atoms with Crippen molar-refractivity contribution in [2.75, 3.05) is 19.7 Å². The van der Waals surface area contributed by atoms with Crippen LogP contribution in [0.4, 0.5) is 0 Å². The number of aliphatic imine (C=N–C) groups is 1. The van der Waals surface area contributed by atoms with Crippen LogP contribution in [0.1, 0.15) is 39.2 Å². The van der Waals surface area contributed by atoms with Gasteiger partial charge in [0.1, 0.15) is 11.6 Å². The maximum atomic E-state index is 12.7. The molecule has 0 aromatic heterocycles. The summed E-state index contributed by atoms with van der Waals surface area (Å²) in [6.07, 6.45) is 4.07. The van der Waals surface area contributed by atoms with Gasteiger partial charge in [0.2, 0.25) is 10.0 Å². The van der Waals surface area contributed by atoms with Gasteiger partial charge in [-0.25, -0.2) is 8.42 Å². The Kier molecular flexibility index (Phi) is 8.27. The van der Waals surface area contributed by atoms with Gasteiger partial charge in [-0.15, -0.1) is 0 Å². The number of hydrogen-bond donors (Lipinski definition) is 3. The van der Waals surface area contributed by atoms with Gasteiger partial charge >= 0.3 is 0 Å². The number of nitrogens with one attached hydrogen (secondary N) is 2. The molecule has 164 valence electrons. The fraction of sp³-hybridized carbons (Fsp3) is 0.450. The van der Waals surface area contributed by atoms with Crippen LogP contribution in [0.3, 0.4) is 0 Å². The second-order valence-electron chi connectivity index (χ2n) is 6.82. The van der Waals surface area contributed by atoms with Crippen LogP contribution in [-0.4, -0.2) is 61.6 Å². The molecular weight excluding hydrogens is 408 g/mol. The summed E-state index contributed by atoms with van der Waals surface area (Å²) in [5, 5.41) is 20.1. The standard InChI is InChI=1S/C20H28N4O5S/c1-4-6-9-22-14(3)10-19(26)23-20(21)17-11-16(7-8-18(17)29-5-2)30(27,28)24-12-15(25)13-24/h7-11,15,25H,4-6,12-13H2,1-3H3,(H2,21,23,26)/b14-10+,22-9?. The summed E-state index contributed by atoms with van der Waals surface area (Å²) in [6.45, 7) is 5.83. The summed E-state index contributed by atoms with van der Waals surface area (Å²) in [5.74, 6) is -0.550. The highest BCUT2D eigenvalue weighted by Gasteiger charge is 2.36. The van der Waals surface area contributed by atoms with Gasteiger partial charge in [0.05, 0.1) is 23.2 Å². The van der Waals surface area contributed by atoms with Gasteiger partial charge in [-0.2, -0.15) is 4.31 Å². The summed E-state index contributed by atoms with van der Waals surface area (Å²) in [5.41, 5.74) is 0.638. The summed E-state index contributed by atoms with van der Waals surface area (Å²) in [6, 6.07) is 4.14. The van der Waals surface area contributed by atoms with E-state index < -0.39 is 22.0 Å². The number of aliphatic hydroxyl groups is 1. The summed E-state index contributed by atoms with van der Waals surface area (Å²) in [4.78, 5) is 16.3. The molecule has 1 heterocycles. The van der Waals surface area contributed by atoms with Crippen LogP contribution in [0.5, 0.6) is 5.75 Å². The maximum Gasteiger partial charge on any atom is 0.251 e. The zero-order valence-corrected chi connectivity index (χ0v) is 18.2. The van der Waals surface area contributed by atoms with E-state index in [1.165, 1.54) is 24.3 Å². The molecule has 0 spiro atoms. The molecule has 9 nitrogen and oxygen atoms in total. The van der Waals surface area contributed by atoms with Crippen molar-refractivity contribution in [2.45, 2.75) is 44.6 Å². The molecule has 3 N–H and O–H groups in total. The molecule has 2 rings (SSSR count). The molecule has 0 radical (unpaired) electrons. The van der Waals surface area contributed by atoms with E-state index in [-0.39, 0.29) is 35.1 Å². The summed E-state index contributed by atoms with van der Waals surface area (Å²) >= 11 is 0. The van der Waals surface area contributed by atoms with E-state index >= 15 is 0 Å². The van der Waals surface area contributed by atoms with Crippen molar-refractivity contribution in [3.05, 3.63) is 35.5 Å². The minimum Gasteiger partial charge on any atom is -0.493 e. The first kappa shape index (κ1) is 23.7. The zero-order chi connectivity index (χ0) is 22.3. The number of benzene rings is 1. The monoisotopic (exact) mass is 436 g/mol. The van der Waals surface area contributed by atoms with E-state index in [1.54, 1.807) is 20.1 Å². The normalized spacial score (nSPS) is 15.8. The Hall–Kier alpha value is -2.56. The molecule has 1 aromatic carbocycles. The molecule has 0 saturated carbocycles. The van der Waals surface area contributed by atoms with Gasteiger partial charge in [-0.3, -0.25) is 15.2 Å². The van der Waals surface area contributed by atoms with Crippen LogP contribution < -0.4 is 10.1 Å². The predicted molar refractivity (Wildman–Crippen MR) is 115 cm³/mol. The molecule has 1 amide bonds. The van der Waals surface area contributed by atoms with Crippen LogP contribution in [0.25, 0.3) is 0 Å². The smallest absolute Gasteiger partial charge is 0.251 e. The Balaban J connectivity index is 2.24. The number of unbranched alkanes of at least 4 members (excludes halogenated alkanes) is 1. The number of ether oxygens (including phenoxy) is 1. The van der Waals surface area contributed by atoms with Crippen molar-refractivity contribution >= 4 is 28.0 Å². The van der Waals surface area contributed by atoms with Crippen molar-refractivity contribution in [1.82, 2.24) is 9.62 Å². The number of sulfonamides is 1. The van der Waals surface area contributed by atoms with Gasteiger partial charge in [0, 0.05) is 31.1 Å². The fourth-order valence-corrected chi connectivity index (χ4v) is 4.24. The van der Waals surface area contributed by atoms with Gasteiger partial charge in [0.25, 0.3) is 5.91 Å². The number of rotatable bonds is 9. The Morgan fingerprint density at radius 2 is 2.10 bits per heavy atom. The Morgan fingerprint density at radius 1 is 1.40 bits per heavy atom. The minimum atomic E-state index is -3.81. The van der Waals surface area contributed by atoms with Crippen molar-refractivity contribution < 1.29 is 23.1 Å². The lowest BCUT2D eigenvalue weighted by Crippen LogP contribution is -2.53. The van der Waals surface area contributed by atoms with E-state index in [1.807, 2.05) is 6.92 Å². The molecular formula is C20H28N4O5S. The van der Waals surface area contributed by atoms with Crippen molar-refractivity contribution in [3.63, 3.8) is 0 Å². The first-order valence-electron chi connectivity index (χ1n) is 9.74.